The van der Waals surface area contributed by atoms with Gasteiger partial charge >= 0.3 is 0 Å². The van der Waals surface area contributed by atoms with Crippen LogP contribution in [0.3, 0.4) is 0 Å². The second-order valence-corrected chi connectivity index (χ2v) is 5.31. The highest BCUT2D eigenvalue weighted by Gasteiger charge is 2.23. The van der Waals surface area contributed by atoms with E-state index in [-0.39, 0.29) is 18.5 Å². The molecule has 2 aromatic rings. The number of aliphatic hydroxyl groups is 1. The third kappa shape index (κ3) is 3.28. The van der Waals surface area contributed by atoms with Crippen LogP contribution in [0.2, 0.25) is 0 Å². The Balaban J connectivity index is 1.71. The first-order chi connectivity index (χ1) is 10.3. The molecule has 0 aliphatic carbocycles. The van der Waals surface area contributed by atoms with Crippen molar-refractivity contribution < 1.29 is 13.9 Å². The van der Waals surface area contributed by atoms with Gasteiger partial charge in [0.1, 0.15) is 5.82 Å². The topological polar surface area (TPSA) is 62.4 Å². The van der Waals surface area contributed by atoms with Gasteiger partial charge in [-0.2, -0.15) is 0 Å². The van der Waals surface area contributed by atoms with Crippen molar-refractivity contribution >= 4 is 0 Å². The predicted molar refractivity (Wildman–Crippen MR) is 74.8 cm³/mol. The average molecular weight is 291 g/mol. The fraction of sp³-hybridized carbons (Fsp3) is 0.467. The molecular formula is C15H18FN3O2. The Hall–Kier alpha value is -1.79. The van der Waals surface area contributed by atoms with Gasteiger partial charge in [0, 0.05) is 11.6 Å². The molecule has 5 nitrogen and oxygen atoms in total. The number of likely N-dealkylation sites (tertiary alicyclic amines) is 1. The van der Waals surface area contributed by atoms with Gasteiger partial charge in [0.15, 0.2) is 0 Å². The summed E-state index contributed by atoms with van der Waals surface area (Å²) in [6.07, 6.45) is 3.26. The monoisotopic (exact) mass is 291 g/mol. The van der Waals surface area contributed by atoms with Crippen LogP contribution in [0.25, 0.3) is 11.5 Å². The first kappa shape index (κ1) is 14.2. The molecule has 0 spiro atoms. The zero-order valence-corrected chi connectivity index (χ0v) is 11.7. The molecule has 1 fully saturated rings. The van der Waals surface area contributed by atoms with E-state index in [2.05, 4.69) is 15.1 Å². The van der Waals surface area contributed by atoms with Crippen LogP contribution in [0.4, 0.5) is 4.39 Å². The molecule has 21 heavy (non-hydrogen) atoms. The maximum Gasteiger partial charge on any atom is 0.247 e. The summed E-state index contributed by atoms with van der Waals surface area (Å²) in [6.45, 7) is 1.62. The molecule has 1 atom stereocenters. The second kappa shape index (κ2) is 6.32. The van der Waals surface area contributed by atoms with Gasteiger partial charge in [-0.3, -0.25) is 4.90 Å². The minimum absolute atomic E-state index is 0.152. The second-order valence-electron chi connectivity index (χ2n) is 5.31. The van der Waals surface area contributed by atoms with Gasteiger partial charge in [0.25, 0.3) is 0 Å². The normalized spacial score (nSPS) is 19.8. The molecule has 112 valence electrons. The van der Waals surface area contributed by atoms with Crippen LogP contribution in [0.5, 0.6) is 0 Å². The molecule has 3 rings (SSSR count). The molecule has 1 aliphatic rings. The Morgan fingerprint density at radius 3 is 2.81 bits per heavy atom. The molecule has 1 N–H and O–H groups in total. The third-order valence-corrected chi connectivity index (χ3v) is 3.86. The van der Waals surface area contributed by atoms with Crippen molar-refractivity contribution in [2.24, 2.45) is 0 Å². The quantitative estimate of drug-likeness (QED) is 0.936. The number of piperidine rings is 1. The van der Waals surface area contributed by atoms with Crippen LogP contribution < -0.4 is 0 Å². The largest absolute Gasteiger partial charge is 0.419 e. The van der Waals surface area contributed by atoms with E-state index in [9.17, 15) is 9.50 Å². The van der Waals surface area contributed by atoms with E-state index in [0.29, 0.717) is 23.9 Å². The zero-order valence-electron chi connectivity index (χ0n) is 11.7. The fourth-order valence-electron chi connectivity index (χ4n) is 2.68. The van der Waals surface area contributed by atoms with E-state index >= 15 is 0 Å². The minimum atomic E-state index is -0.294. The van der Waals surface area contributed by atoms with Crippen molar-refractivity contribution in [2.75, 3.05) is 13.2 Å². The Morgan fingerprint density at radius 2 is 2.05 bits per heavy atom. The summed E-state index contributed by atoms with van der Waals surface area (Å²) in [4.78, 5) is 2.17. The highest BCUT2D eigenvalue weighted by Crippen LogP contribution is 2.22. The maximum absolute atomic E-state index is 12.9. The van der Waals surface area contributed by atoms with E-state index in [0.717, 1.165) is 25.8 Å². The molecule has 1 unspecified atom stereocenters. The van der Waals surface area contributed by atoms with Crippen LogP contribution >= 0.6 is 0 Å². The first-order valence-corrected chi connectivity index (χ1v) is 7.19. The standard InChI is InChI=1S/C15H18FN3O2/c16-12-6-4-11(5-7-12)15-18-17-14(21-15)9-19-8-2-1-3-13(19)10-20/h4-7,13,20H,1-3,8-10H2. The molecule has 6 heteroatoms. The lowest BCUT2D eigenvalue weighted by Gasteiger charge is -2.33. The lowest BCUT2D eigenvalue weighted by Crippen LogP contribution is -2.41. The molecular weight excluding hydrogens is 273 g/mol. The van der Waals surface area contributed by atoms with Crippen LogP contribution in [-0.4, -0.2) is 39.4 Å². The smallest absolute Gasteiger partial charge is 0.247 e. The van der Waals surface area contributed by atoms with Gasteiger partial charge in [-0.05, 0) is 43.7 Å². The number of aromatic nitrogens is 2. The molecule has 1 aromatic carbocycles. The number of hydrogen-bond acceptors (Lipinski definition) is 5. The van der Waals surface area contributed by atoms with Crippen molar-refractivity contribution in [1.29, 1.82) is 0 Å². The molecule has 2 heterocycles. The number of benzene rings is 1. The van der Waals surface area contributed by atoms with Gasteiger partial charge in [0.05, 0.1) is 13.2 Å². The van der Waals surface area contributed by atoms with Gasteiger partial charge in [-0.25, -0.2) is 4.39 Å². The third-order valence-electron chi connectivity index (χ3n) is 3.86. The minimum Gasteiger partial charge on any atom is -0.419 e. The van der Waals surface area contributed by atoms with Crippen LogP contribution in [0.1, 0.15) is 25.2 Å². The molecule has 0 radical (unpaired) electrons. The van der Waals surface area contributed by atoms with Crippen molar-refractivity contribution in [3.63, 3.8) is 0 Å². The summed E-state index contributed by atoms with van der Waals surface area (Å²) in [5.41, 5.74) is 0.701. The number of nitrogens with zero attached hydrogens (tertiary/aromatic N) is 3. The number of hydrogen-bond donors (Lipinski definition) is 1. The Bertz CT molecular complexity index is 585. The van der Waals surface area contributed by atoms with E-state index in [1.807, 2.05) is 0 Å². The predicted octanol–water partition coefficient (Wildman–Crippen LogP) is 2.22. The summed E-state index contributed by atoms with van der Waals surface area (Å²) >= 11 is 0. The summed E-state index contributed by atoms with van der Waals surface area (Å²) in [6, 6.07) is 6.13. The number of aliphatic hydroxyl groups excluding tert-OH is 1. The van der Waals surface area contributed by atoms with Gasteiger partial charge in [0.2, 0.25) is 11.8 Å². The summed E-state index contributed by atoms with van der Waals surface area (Å²) < 4.78 is 18.5. The highest BCUT2D eigenvalue weighted by molar-refractivity contribution is 5.51. The lowest BCUT2D eigenvalue weighted by atomic mass is 10.0. The average Bonchev–Trinajstić information content (AvgIpc) is 2.97. The molecule has 0 amide bonds. The molecule has 1 saturated heterocycles. The summed E-state index contributed by atoms with van der Waals surface area (Å²) in [5, 5.41) is 17.5. The molecule has 1 aliphatic heterocycles. The summed E-state index contributed by atoms with van der Waals surface area (Å²) in [7, 11) is 0. The maximum atomic E-state index is 12.9. The van der Waals surface area contributed by atoms with Gasteiger partial charge in [-0.1, -0.05) is 6.42 Å². The lowest BCUT2D eigenvalue weighted by molar-refractivity contribution is 0.0769. The first-order valence-electron chi connectivity index (χ1n) is 7.19. The van der Waals surface area contributed by atoms with E-state index in [4.69, 9.17) is 4.42 Å². The summed E-state index contributed by atoms with van der Waals surface area (Å²) in [5.74, 6) is 0.620. The van der Waals surface area contributed by atoms with Crippen molar-refractivity contribution in [1.82, 2.24) is 15.1 Å². The van der Waals surface area contributed by atoms with E-state index in [1.54, 1.807) is 12.1 Å². The fourth-order valence-corrected chi connectivity index (χ4v) is 2.68. The molecule has 0 saturated carbocycles. The van der Waals surface area contributed by atoms with Crippen molar-refractivity contribution in [2.45, 2.75) is 31.8 Å². The Labute approximate surface area is 122 Å². The number of halogens is 1. The van der Waals surface area contributed by atoms with Crippen molar-refractivity contribution in [3.8, 4) is 11.5 Å². The SMILES string of the molecule is OCC1CCCCN1Cc1nnc(-c2ccc(F)cc2)o1. The van der Waals surface area contributed by atoms with Crippen LogP contribution in [-0.2, 0) is 6.54 Å². The van der Waals surface area contributed by atoms with Crippen molar-refractivity contribution in [3.05, 3.63) is 36.0 Å². The van der Waals surface area contributed by atoms with Crippen LogP contribution in [0, 0.1) is 5.82 Å². The molecule has 0 bridgehead atoms. The van der Waals surface area contributed by atoms with E-state index < -0.39 is 0 Å². The number of rotatable bonds is 4. The van der Waals surface area contributed by atoms with Crippen LogP contribution in [0.15, 0.2) is 28.7 Å². The highest BCUT2D eigenvalue weighted by atomic mass is 19.1. The Kier molecular flexibility index (Phi) is 4.26. The zero-order chi connectivity index (χ0) is 14.7. The van der Waals surface area contributed by atoms with E-state index in [1.165, 1.54) is 12.1 Å². The Morgan fingerprint density at radius 1 is 1.24 bits per heavy atom. The molecule has 1 aromatic heterocycles. The van der Waals surface area contributed by atoms with Gasteiger partial charge < -0.3 is 9.52 Å². The van der Waals surface area contributed by atoms with Gasteiger partial charge in [-0.15, -0.1) is 10.2 Å².